The number of benzene rings is 3. The summed E-state index contributed by atoms with van der Waals surface area (Å²) in [5.41, 5.74) is 3.25. The third-order valence-corrected chi connectivity index (χ3v) is 7.12. The minimum atomic E-state index is -3.84. The van der Waals surface area contributed by atoms with E-state index in [4.69, 9.17) is 0 Å². The number of rotatable bonds is 7. The largest absolute Gasteiger partial charge is 0.348 e. The predicted molar refractivity (Wildman–Crippen MR) is 121 cm³/mol. The van der Waals surface area contributed by atoms with Crippen molar-refractivity contribution in [2.24, 2.45) is 0 Å². The molecule has 6 heteroatoms. The number of sulfonamides is 1. The lowest BCUT2D eigenvalue weighted by atomic mass is 9.87. The maximum absolute atomic E-state index is 13.3. The van der Waals surface area contributed by atoms with Gasteiger partial charge in [-0.15, -0.1) is 0 Å². The van der Waals surface area contributed by atoms with Gasteiger partial charge in [-0.1, -0.05) is 72.8 Å². The highest BCUT2D eigenvalue weighted by atomic mass is 32.2. The molecule has 3 aromatic carbocycles. The number of nitrogens with one attached hydrogen (secondary N) is 2. The number of carbonyl (C=O) groups excluding carboxylic acids is 1. The van der Waals surface area contributed by atoms with Gasteiger partial charge in [0, 0.05) is 0 Å². The average molecular weight is 435 g/mol. The van der Waals surface area contributed by atoms with Gasteiger partial charge in [-0.25, -0.2) is 8.42 Å². The minimum Gasteiger partial charge on any atom is -0.348 e. The van der Waals surface area contributed by atoms with E-state index < -0.39 is 16.1 Å². The van der Waals surface area contributed by atoms with Crippen LogP contribution in [0.3, 0.4) is 0 Å². The fourth-order valence-corrected chi connectivity index (χ4v) is 5.29. The Morgan fingerprint density at radius 1 is 0.903 bits per heavy atom. The van der Waals surface area contributed by atoms with Crippen molar-refractivity contribution in [3.63, 3.8) is 0 Å². The Hall–Kier alpha value is -2.96. The Balaban J connectivity index is 1.58. The Kier molecular flexibility index (Phi) is 6.49. The van der Waals surface area contributed by atoms with E-state index in [1.807, 2.05) is 48.5 Å². The number of aryl methyl sites for hydroxylation is 1. The summed E-state index contributed by atoms with van der Waals surface area (Å²) in [6.07, 6.45) is 3.09. The molecule has 0 unspecified atom stereocenters. The van der Waals surface area contributed by atoms with Gasteiger partial charge in [-0.2, -0.15) is 4.72 Å². The van der Waals surface area contributed by atoms with Gasteiger partial charge in [0.25, 0.3) is 0 Å². The molecule has 0 aliphatic heterocycles. The zero-order valence-corrected chi connectivity index (χ0v) is 18.0. The molecule has 0 fully saturated rings. The molecule has 1 amide bonds. The molecule has 0 radical (unpaired) electrons. The van der Waals surface area contributed by atoms with Gasteiger partial charge >= 0.3 is 0 Å². The first-order valence-electron chi connectivity index (χ1n) is 10.5. The molecule has 4 rings (SSSR count). The molecular formula is C25H26N2O3S. The van der Waals surface area contributed by atoms with Gasteiger partial charge in [0.2, 0.25) is 15.9 Å². The standard InChI is InChI=1S/C25H26N2O3S/c28-25(26-23-17-9-13-20-12-7-8-16-22(20)23)24(18-19-10-3-1-4-11-19)27-31(29,30)21-14-5-2-6-15-21/h1-8,10-12,14-16,23-24,27H,9,13,17-18H2,(H,26,28)/t23-,24-/m1/s1. The monoisotopic (exact) mass is 434 g/mol. The molecule has 0 saturated carbocycles. The third-order valence-electron chi connectivity index (χ3n) is 5.64. The first kappa shape index (κ1) is 21.3. The van der Waals surface area contributed by atoms with Crippen molar-refractivity contribution in [1.29, 1.82) is 0 Å². The van der Waals surface area contributed by atoms with Crippen LogP contribution in [0.25, 0.3) is 0 Å². The van der Waals surface area contributed by atoms with Gasteiger partial charge in [0.1, 0.15) is 6.04 Å². The van der Waals surface area contributed by atoms with Crippen molar-refractivity contribution in [3.05, 3.63) is 102 Å². The Morgan fingerprint density at radius 3 is 2.29 bits per heavy atom. The maximum Gasteiger partial charge on any atom is 0.241 e. The topological polar surface area (TPSA) is 75.3 Å². The molecule has 0 spiro atoms. The van der Waals surface area contributed by atoms with Gasteiger partial charge in [-0.05, 0) is 54.5 Å². The molecular weight excluding hydrogens is 408 g/mol. The molecule has 5 nitrogen and oxygen atoms in total. The van der Waals surface area contributed by atoms with E-state index >= 15 is 0 Å². The van der Waals surface area contributed by atoms with Crippen LogP contribution in [-0.4, -0.2) is 20.4 Å². The number of amides is 1. The van der Waals surface area contributed by atoms with E-state index in [0.29, 0.717) is 0 Å². The van der Waals surface area contributed by atoms with Crippen LogP contribution >= 0.6 is 0 Å². The summed E-state index contributed by atoms with van der Waals surface area (Å²) >= 11 is 0. The van der Waals surface area contributed by atoms with Gasteiger partial charge < -0.3 is 5.32 Å². The second-order valence-electron chi connectivity index (χ2n) is 7.83. The number of fused-ring (bicyclic) bond motifs is 1. The highest BCUT2D eigenvalue weighted by Crippen LogP contribution is 2.29. The van der Waals surface area contributed by atoms with Crippen LogP contribution in [0.1, 0.15) is 35.6 Å². The van der Waals surface area contributed by atoms with Crippen molar-refractivity contribution in [1.82, 2.24) is 10.0 Å². The SMILES string of the molecule is O=C(N[C@@H]1CCCc2ccccc21)[C@@H](Cc1ccccc1)NS(=O)(=O)c1ccccc1. The molecule has 0 saturated heterocycles. The van der Waals surface area contributed by atoms with Crippen LogP contribution in [0, 0.1) is 0 Å². The summed E-state index contributed by atoms with van der Waals surface area (Å²) < 4.78 is 28.5. The summed E-state index contributed by atoms with van der Waals surface area (Å²) in [7, 11) is -3.84. The highest BCUT2D eigenvalue weighted by Gasteiger charge is 2.29. The summed E-state index contributed by atoms with van der Waals surface area (Å²) in [4.78, 5) is 13.4. The first-order chi connectivity index (χ1) is 15.0. The Bertz CT molecular complexity index is 1130. The van der Waals surface area contributed by atoms with Gasteiger partial charge in [0.05, 0.1) is 10.9 Å². The Morgan fingerprint density at radius 2 is 1.55 bits per heavy atom. The molecule has 0 heterocycles. The lowest BCUT2D eigenvalue weighted by molar-refractivity contribution is -0.123. The van der Waals surface area contributed by atoms with E-state index in [9.17, 15) is 13.2 Å². The average Bonchev–Trinajstić information content (AvgIpc) is 2.80. The van der Waals surface area contributed by atoms with Crippen LogP contribution in [0.5, 0.6) is 0 Å². The number of hydrogen-bond acceptors (Lipinski definition) is 3. The summed E-state index contributed by atoms with van der Waals surface area (Å²) in [6.45, 7) is 0. The van der Waals surface area contributed by atoms with Crippen molar-refractivity contribution in [2.45, 2.75) is 42.7 Å². The van der Waals surface area contributed by atoms with Crippen LogP contribution in [0.4, 0.5) is 0 Å². The predicted octanol–water partition coefficient (Wildman–Crippen LogP) is 3.77. The van der Waals surface area contributed by atoms with E-state index in [1.165, 1.54) is 17.7 Å². The van der Waals surface area contributed by atoms with Crippen LogP contribution in [-0.2, 0) is 27.7 Å². The minimum absolute atomic E-state index is 0.114. The van der Waals surface area contributed by atoms with E-state index in [1.54, 1.807) is 18.2 Å². The molecule has 1 aliphatic carbocycles. The molecule has 2 N–H and O–H groups in total. The normalized spacial score (nSPS) is 16.8. The second kappa shape index (κ2) is 9.45. The van der Waals surface area contributed by atoms with Crippen molar-refractivity contribution in [2.75, 3.05) is 0 Å². The van der Waals surface area contributed by atoms with Gasteiger partial charge in [-0.3, -0.25) is 4.79 Å². The molecule has 0 aromatic heterocycles. The molecule has 0 bridgehead atoms. The van der Waals surface area contributed by atoms with E-state index in [2.05, 4.69) is 16.1 Å². The van der Waals surface area contributed by atoms with Gasteiger partial charge in [0.15, 0.2) is 0 Å². The van der Waals surface area contributed by atoms with Crippen LogP contribution in [0.15, 0.2) is 89.8 Å². The zero-order valence-electron chi connectivity index (χ0n) is 17.2. The van der Waals surface area contributed by atoms with Crippen molar-refractivity contribution in [3.8, 4) is 0 Å². The van der Waals surface area contributed by atoms with Crippen LogP contribution < -0.4 is 10.0 Å². The quantitative estimate of drug-likeness (QED) is 0.594. The third kappa shape index (κ3) is 5.21. The smallest absolute Gasteiger partial charge is 0.241 e. The lowest BCUT2D eigenvalue weighted by Gasteiger charge is -2.28. The molecule has 31 heavy (non-hydrogen) atoms. The first-order valence-corrected chi connectivity index (χ1v) is 12.0. The lowest BCUT2D eigenvalue weighted by Crippen LogP contribution is -2.49. The fourth-order valence-electron chi connectivity index (χ4n) is 4.07. The Labute approximate surface area is 183 Å². The summed E-state index contributed by atoms with van der Waals surface area (Å²) in [5, 5.41) is 3.10. The molecule has 3 aromatic rings. The fraction of sp³-hybridized carbons (Fsp3) is 0.240. The highest BCUT2D eigenvalue weighted by molar-refractivity contribution is 7.89. The molecule has 160 valence electrons. The van der Waals surface area contributed by atoms with Crippen molar-refractivity contribution < 1.29 is 13.2 Å². The molecule has 1 aliphatic rings. The second-order valence-corrected chi connectivity index (χ2v) is 9.54. The van der Waals surface area contributed by atoms with E-state index in [0.717, 1.165) is 30.4 Å². The van der Waals surface area contributed by atoms with E-state index in [-0.39, 0.29) is 23.3 Å². The molecule has 2 atom stereocenters. The van der Waals surface area contributed by atoms with Crippen molar-refractivity contribution >= 4 is 15.9 Å². The maximum atomic E-state index is 13.3. The summed E-state index contributed by atoms with van der Waals surface area (Å²) in [5.74, 6) is -0.315. The van der Waals surface area contributed by atoms with Crippen LogP contribution in [0.2, 0.25) is 0 Å². The summed E-state index contributed by atoms with van der Waals surface area (Å²) in [6, 6.07) is 24.7. The number of carbonyl (C=O) groups is 1. The zero-order chi connectivity index (χ0) is 21.7. The number of hydrogen-bond donors (Lipinski definition) is 2.